The summed E-state index contributed by atoms with van der Waals surface area (Å²) >= 11 is 1.59. The molecule has 5 aromatic rings. The van der Waals surface area contributed by atoms with E-state index in [1.54, 1.807) is 11.3 Å². The van der Waals surface area contributed by atoms with Crippen LogP contribution in [0.15, 0.2) is 57.4 Å². The molecule has 0 spiro atoms. The van der Waals surface area contributed by atoms with Crippen LogP contribution in [0.2, 0.25) is 0 Å². The predicted octanol–water partition coefficient (Wildman–Crippen LogP) is 7.27. The Morgan fingerprint density at radius 1 is 0.690 bits per heavy atom. The van der Waals surface area contributed by atoms with Crippen LogP contribution in [0.4, 0.5) is 0 Å². The molecule has 0 aliphatic rings. The fourth-order valence-electron chi connectivity index (χ4n) is 3.61. The highest BCUT2D eigenvalue weighted by Crippen LogP contribution is 2.36. The van der Waals surface area contributed by atoms with E-state index in [2.05, 4.69) is 38.1 Å². The van der Waals surface area contributed by atoms with E-state index in [1.807, 2.05) is 24.3 Å². The zero-order valence-corrected chi connectivity index (χ0v) is 17.4. The van der Waals surface area contributed by atoms with E-state index < -0.39 is 0 Å². The van der Waals surface area contributed by atoms with Crippen LogP contribution in [0.25, 0.3) is 43.7 Å². The molecule has 0 aliphatic heterocycles. The van der Waals surface area contributed by atoms with Crippen molar-refractivity contribution in [3.05, 3.63) is 59.7 Å². The maximum Gasteiger partial charge on any atom is 0.237 e. The van der Waals surface area contributed by atoms with Gasteiger partial charge in [-0.2, -0.15) is 0 Å². The molecule has 5 heteroatoms. The first kappa shape index (κ1) is 18.1. The van der Waals surface area contributed by atoms with Crippen LogP contribution in [-0.2, 0) is 12.8 Å². The first-order chi connectivity index (χ1) is 14.2. The van der Waals surface area contributed by atoms with Gasteiger partial charge in [-0.15, -0.1) is 11.3 Å². The van der Waals surface area contributed by atoms with Crippen molar-refractivity contribution in [2.45, 2.75) is 39.5 Å². The third-order valence-corrected chi connectivity index (χ3v) is 6.07. The summed E-state index contributed by atoms with van der Waals surface area (Å²) in [5.74, 6) is 1.29. The van der Waals surface area contributed by atoms with Gasteiger partial charge < -0.3 is 8.83 Å². The number of hydrogen-bond acceptors (Lipinski definition) is 5. The number of thiophene rings is 1. The molecule has 2 aromatic carbocycles. The molecule has 29 heavy (non-hydrogen) atoms. The molecule has 3 aromatic heterocycles. The second-order valence-corrected chi connectivity index (χ2v) is 8.39. The van der Waals surface area contributed by atoms with Crippen molar-refractivity contribution < 1.29 is 8.83 Å². The number of aromatic nitrogens is 2. The molecule has 4 nitrogen and oxygen atoms in total. The molecule has 146 valence electrons. The van der Waals surface area contributed by atoms with E-state index in [0.717, 1.165) is 57.6 Å². The maximum absolute atomic E-state index is 5.99. The molecule has 0 N–H and O–H groups in total. The largest absolute Gasteiger partial charge is 0.435 e. The second-order valence-electron chi connectivity index (χ2n) is 7.31. The molecule has 0 bridgehead atoms. The van der Waals surface area contributed by atoms with Gasteiger partial charge in [0.05, 0.1) is 9.75 Å². The SMILES string of the molecule is CCCc1ccc2oc(-c3ccc(-c4nc5cc(CCC)ccc5o4)s3)nc2c1. The molecule has 0 unspecified atom stereocenters. The van der Waals surface area contributed by atoms with Gasteiger partial charge >= 0.3 is 0 Å². The summed E-state index contributed by atoms with van der Waals surface area (Å²) in [4.78, 5) is 11.3. The number of aryl methyl sites for hydroxylation is 2. The molecule has 0 radical (unpaired) electrons. The summed E-state index contributed by atoms with van der Waals surface area (Å²) in [5, 5.41) is 0. The number of rotatable bonds is 6. The van der Waals surface area contributed by atoms with Gasteiger partial charge in [0.25, 0.3) is 0 Å². The number of fused-ring (bicyclic) bond motifs is 2. The lowest BCUT2D eigenvalue weighted by atomic mass is 10.1. The summed E-state index contributed by atoms with van der Waals surface area (Å²) in [6, 6.07) is 16.5. The molecule has 0 saturated carbocycles. The monoisotopic (exact) mass is 402 g/mol. The average molecular weight is 403 g/mol. The minimum atomic E-state index is 0.645. The standard InChI is InChI=1S/C24H22N2O2S/c1-3-5-15-7-9-19-17(13-15)25-23(27-19)21-11-12-22(29-21)24-26-18-14-16(6-4-2)8-10-20(18)28-24/h7-14H,3-6H2,1-2H3. The highest BCUT2D eigenvalue weighted by atomic mass is 32.1. The van der Waals surface area contributed by atoms with E-state index in [4.69, 9.17) is 18.8 Å². The van der Waals surface area contributed by atoms with Crippen molar-refractivity contribution in [1.82, 2.24) is 9.97 Å². The molecule has 3 heterocycles. The van der Waals surface area contributed by atoms with E-state index >= 15 is 0 Å². The Labute approximate surface area is 173 Å². The van der Waals surface area contributed by atoms with Gasteiger partial charge in [-0.1, -0.05) is 38.8 Å². The Kier molecular flexibility index (Phi) is 4.68. The molecule has 0 atom stereocenters. The molecule has 0 amide bonds. The van der Waals surface area contributed by atoms with Gasteiger partial charge in [0.1, 0.15) is 11.0 Å². The molecule has 0 fully saturated rings. The van der Waals surface area contributed by atoms with Crippen LogP contribution in [0.1, 0.15) is 37.8 Å². The van der Waals surface area contributed by atoms with Gasteiger partial charge in [0, 0.05) is 0 Å². The molecule has 5 rings (SSSR count). The Bertz CT molecular complexity index is 1200. The van der Waals surface area contributed by atoms with Gasteiger partial charge in [-0.05, 0) is 60.4 Å². The first-order valence-corrected chi connectivity index (χ1v) is 10.9. The molecular weight excluding hydrogens is 380 g/mol. The molecular formula is C24H22N2O2S. The summed E-state index contributed by atoms with van der Waals surface area (Å²) in [7, 11) is 0. The van der Waals surface area contributed by atoms with Crippen LogP contribution in [-0.4, -0.2) is 9.97 Å². The Morgan fingerprint density at radius 2 is 1.17 bits per heavy atom. The molecule has 0 aliphatic carbocycles. The van der Waals surface area contributed by atoms with Crippen molar-refractivity contribution in [3.8, 4) is 21.5 Å². The lowest BCUT2D eigenvalue weighted by Crippen LogP contribution is -1.81. The lowest BCUT2D eigenvalue weighted by molar-refractivity contribution is 0.621. The number of oxazole rings is 2. The van der Waals surface area contributed by atoms with Crippen LogP contribution in [0.5, 0.6) is 0 Å². The van der Waals surface area contributed by atoms with Gasteiger partial charge in [-0.25, -0.2) is 9.97 Å². The minimum Gasteiger partial charge on any atom is -0.435 e. The van der Waals surface area contributed by atoms with Crippen molar-refractivity contribution in [1.29, 1.82) is 0 Å². The van der Waals surface area contributed by atoms with Gasteiger partial charge in [0.2, 0.25) is 11.8 Å². The predicted molar refractivity (Wildman–Crippen MR) is 118 cm³/mol. The van der Waals surface area contributed by atoms with Crippen molar-refractivity contribution in [2.24, 2.45) is 0 Å². The van der Waals surface area contributed by atoms with E-state index in [1.165, 1.54) is 11.1 Å². The Morgan fingerprint density at radius 3 is 1.62 bits per heavy atom. The zero-order valence-electron chi connectivity index (χ0n) is 16.6. The smallest absolute Gasteiger partial charge is 0.237 e. The van der Waals surface area contributed by atoms with Crippen molar-refractivity contribution >= 4 is 33.5 Å². The van der Waals surface area contributed by atoms with Gasteiger partial charge in [0.15, 0.2) is 11.2 Å². The number of nitrogens with zero attached hydrogens (tertiary/aromatic N) is 2. The maximum atomic E-state index is 5.99. The quantitative estimate of drug-likeness (QED) is 0.300. The minimum absolute atomic E-state index is 0.645. The molecule has 0 saturated heterocycles. The van der Waals surface area contributed by atoms with Crippen molar-refractivity contribution in [2.75, 3.05) is 0 Å². The highest BCUT2D eigenvalue weighted by Gasteiger charge is 2.15. The van der Waals surface area contributed by atoms with Gasteiger partial charge in [-0.3, -0.25) is 0 Å². The number of benzene rings is 2. The fourth-order valence-corrected chi connectivity index (χ4v) is 4.47. The summed E-state index contributed by atoms with van der Waals surface area (Å²) < 4.78 is 12.0. The third-order valence-electron chi connectivity index (χ3n) is 5.01. The van der Waals surface area contributed by atoms with Crippen LogP contribution >= 0.6 is 11.3 Å². The Hall–Kier alpha value is -2.92. The van der Waals surface area contributed by atoms with Crippen LogP contribution in [0, 0.1) is 0 Å². The average Bonchev–Trinajstić information content (AvgIpc) is 3.44. The third kappa shape index (κ3) is 3.47. The zero-order chi connectivity index (χ0) is 19.8. The van der Waals surface area contributed by atoms with Crippen LogP contribution in [0.3, 0.4) is 0 Å². The normalized spacial score (nSPS) is 11.7. The Balaban J connectivity index is 1.47. The van der Waals surface area contributed by atoms with E-state index in [0.29, 0.717) is 11.8 Å². The summed E-state index contributed by atoms with van der Waals surface area (Å²) in [5.41, 5.74) is 6.04. The summed E-state index contributed by atoms with van der Waals surface area (Å²) in [6.07, 6.45) is 4.35. The van der Waals surface area contributed by atoms with Crippen molar-refractivity contribution in [3.63, 3.8) is 0 Å². The second kappa shape index (κ2) is 7.48. The summed E-state index contributed by atoms with van der Waals surface area (Å²) in [6.45, 7) is 4.37. The first-order valence-electron chi connectivity index (χ1n) is 10.1. The topological polar surface area (TPSA) is 52.1 Å². The lowest BCUT2D eigenvalue weighted by Gasteiger charge is -1.95. The highest BCUT2D eigenvalue weighted by molar-refractivity contribution is 7.18. The van der Waals surface area contributed by atoms with Crippen LogP contribution < -0.4 is 0 Å². The van der Waals surface area contributed by atoms with E-state index in [-0.39, 0.29) is 0 Å². The number of hydrogen-bond donors (Lipinski definition) is 0. The fraction of sp³-hybridized carbons (Fsp3) is 0.250. The van der Waals surface area contributed by atoms with E-state index in [9.17, 15) is 0 Å².